The van der Waals surface area contributed by atoms with Crippen LogP contribution < -0.4 is 0 Å². The highest BCUT2D eigenvalue weighted by molar-refractivity contribution is 5.94. The van der Waals surface area contributed by atoms with Gasteiger partial charge in [-0.1, -0.05) is 13.8 Å². The lowest BCUT2D eigenvalue weighted by atomic mass is 10.0. The van der Waals surface area contributed by atoms with Crippen molar-refractivity contribution in [2.75, 3.05) is 6.54 Å². The number of aromatic nitrogens is 1. The van der Waals surface area contributed by atoms with Crippen LogP contribution in [0.15, 0.2) is 42.7 Å². The van der Waals surface area contributed by atoms with E-state index in [0.29, 0.717) is 23.7 Å². The maximum Gasteiger partial charge on any atom is 0.254 e. The third kappa shape index (κ3) is 3.21. The average Bonchev–Trinajstić information content (AvgIpc) is 3.01. The van der Waals surface area contributed by atoms with E-state index in [-0.39, 0.29) is 11.9 Å². The fourth-order valence-corrected chi connectivity index (χ4v) is 2.49. The van der Waals surface area contributed by atoms with Gasteiger partial charge in [0.05, 0.1) is 5.69 Å². The van der Waals surface area contributed by atoms with Crippen LogP contribution in [0, 0.1) is 11.7 Å². The quantitative estimate of drug-likeness (QED) is 0.815. The summed E-state index contributed by atoms with van der Waals surface area (Å²) in [5.74, 6) is -0.162. The molecule has 0 saturated heterocycles. The zero-order chi connectivity index (χ0) is 16.3. The number of carbonyl (C=O) groups is 1. The Hall–Kier alpha value is -2.10. The van der Waals surface area contributed by atoms with Gasteiger partial charge in [-0.2, -0.15) is 0 Å². The molecule has 22 heavy (non-hydrogen) atoms. The number of nitrogens with zero attached hydrogens (tertiary/aromatic N) is 2. The van der Waals surface area contributed by atoms with E-state index in [9.17, 15) is 9.18 Å². The second-order valence-electron chi connectivity index (χ2n) is 5.83. The summed E-state index contributed by atoms with van der Waals surface area (Å²) in [4.78, 5) is 14.4. The lowest BCUT2D eigenvalue weighted by Gasteiger charge is -2.31. The zero-order valence-corrected chi connectivity index (χ0v) is 13.6. The summed E-state index contributed by atoms with van der Waals surface area (Å²) in [6.07, 6.45) is 3.55. The second kappa shape index (κ2) is 6.77. The number of hydrogen-bond acceptors (Lipinski definition) is 1. The van der Waals surface area contributed by atoms with Crippen molar-refractivity contribution in [3.05, 3.63) is 54.1 Å². The van der Waals surface area contributed by atoms with Crippen molar-refractivity contribution >= 4 is 5.91 Å². The predicted octanol–water partition coefficient (Wildman–Crippen LogP) is 4.12. The molecule has 2 rings (SSSR count). The normalized spacial score (nSPS) is 12.5. The van der Waals surface area contributed by atoms with E-state index in [1.54, 1.807) is 34.0 Å². The SMILES string of the molecule is CCN(C(=O)c1ccc(-n2cccc2)c(F)c1)C(C)C(C)C. The predicted molar refractivity (Wildman–Crippen MR) is 86.7 cm³/mol. The molecule has 1 aromatic heterocycles. The van der Waals surface area contributed by atoms with E-state index < -0.39 is 5.82 Å². The van der Waals surface area contributed by atoms with Crippen LogP contribution in [-0.2, 0) is 0 Å². The van der Waals surface area contributed by atoms with Crippen LogP contribution in [0.2, 0.25) is 0 Å². The summed E-state index contributed by atoms with van der Waals surface area (Å²) in [5.41, 5.74) is 0.837. The average molecular weight is 302 g/mol. The Kier molecular flexibility index (Phi) is 5.01. The van der Waals surface area contributed by atoms with Crippen LogP contribution in [0.1, 0.15) is 38.1 Å². The van der Waals surface area contributed by atoms with Crippen LogP contribution in [0.25, 0.3) is 5.69 Å². The Balaban J connectivity index is 2.29. The van der Waals surface area contributed by atoms with Gasteiger partial charge in [-0.25, -0.2) is 4.39 Å². The number of halogens is 1. The summed E-state index contributed by atoms with van der Waals surface area (Å²) in [5, 5.41) is 0. The van der Waals surface area contributed by atoms with Gasteiger partial charge in [0.2, 0.25) is 0 Å². The molecule has 2 aromatic rings. The van der Waals surface area contributed by atoms with Gasteiger partial charge in [-0.3, -0.25) is 4.79 Å². The molecular weight excluding hydrogens is 279 g/mol. The Morgan fingerprint density at radius 3 is 2.36 bits per heavy atom. The van der Waals surface area contributed by atoms with Crippen LogP contribution >= 0.6 is 0 Å². The Morgan fingerprint density at radius 1 is 1.23 bits per heavy atom. The standard InChI is InChI=1S/C18H23FN2O/c1-5-21(14(4)13(2)3)18(22)15-8-9-17(16(19)12-15)20-10-6-7-11-20/h6-14H,5H2,1-4H3. The topological polar surface area (TPSA) is 25.2 Å². The van der Waals surface area contributed by atoms with E-state index in [4.69, 9.17) is 0 Å². The highest BCUT2D eigenvalue weighted by atomic mass is 19.1. The van der Waals surface area contributed by atoms with Crippen LogP contribution in [0.3, 0.4) is 0 Å². The number of amides is 1. The van der Waals surface area contributed by atoms with Gasteiger partial charge < -0.3 is 9.47 Å². The molecule has 118 valence electrons. The number of benzene rings is 1. The van der Waals surface area contributed by atoms with Crippen molar-refractivity contribution in [1.29, 1.82) is 0 Å². The zero-order valence-electron chi connectivity index (χ0n) is 13.6. The highest BCUT2D eigenvalue weighted by Gasteiger charge is 2.23. The molecule has 3 nitrogen and oxygen atoms in total. The molecule has 0 N–H and O–H groups in total. The summed E-state index contributed by atoms with van der Waals surface area (Å²) in [6.45, 7) is 8.74. The molecule has 0 aliphatic heterocycles. The van der Waals surface area contributed by atoms with Gasteiger partial charge in [-0.05, 0) is 50.1 Å². The van der Waals surface area contributed by atoms with Crippen molar-refractivity contribution in [1.82, 2.24) is 9.47 Å². The molecule has 1 amide bonds. The Morgan fingerprint density at radius 2 is 1.86 bits per heavy atom. The van der Waals surface area contributed by atoms with Crippen LogP contribution in [0.4, 0.5) is 4.39 Å². The second-order valence-corrected chi connectivity index (χ2v) is 5.83. The van der Waals surface area contributed by atoms with E-state index >= 15 is 0 Å². The summed E-state index contributed by atoms with van der Waals surface area (Å²) >= 11 is 0. The van der Waals surface area contributed by atoms with Crippen molar-refractivity contribution in [2.45, 2.75) is 33.7 Å². The van der Waals surface area contributed by atoms with E-state index in [0.717, 1.165) is 0 Å². The molecule has 0 bridgehead atoms. The molecule has 0 aliphatic carbocycles. The van der Waals surface area contributed by atoms with E-state index in [1.165, 1.54) is 6.07 Å². The first-order valence-corrected chi connectivity index (χ1v) is 7.69. The summed E-state index contributed by atoms with van der Waals surface area (Å²) in [7, 11) is 0. The Labute approximate surface area is 131 Å². The molecule has 0 fully saturated rings. The number of rotatable bonds is 5. The molecule has 0 saturated carbocycles. The molecule has 0 radical (unpaired) electrons. The minimum Gasteiger partial charge on any atom is -0.336 e. The van der Waals surface area contributed by atoms with E-state index in [2.05, 4.69) is 13.8 Å². The number of hydrogen-bond donors (Lipinski definition) is 0. The summed E-state index contributed by atoms with van der Waals surface area (Å²) < 4.78 is 16.0. The fourth-order valence-electron chi connectivity index (χ4n) is 2.49. The largest absolute Gasteiger partial charge is 0.336 e. The third-order valence-corrected chi connectivity index (χ3v) is 4.14. The van der Waals surface area contributed by atoms with Crippen molar-refractivity contribution in [3.8, 4) is 5.69 Å². The first kappa shape index (κ1) is 16.3. The van der Waals surface area contributed by atoms with Gasteiger partial charge >= 0.3 is 0 Å². The Bertz CT molecular complexity index is 635. The first-order valence-electron chi connectivity index (χ1n) is 7.69. The van der Waals surface area contributed by atoms with Gasteiger partial charge in [-0.15, -0.1) is 0 Å². The smallest absolute Gasteiger partial charge is 0.254 e. The van der Waals surface area contributed by atoms with Gasteiger partial charge in [0.25, 0.3) is 5.91 Å². The molecule has 0 aliphatic rings. The van der Waals surface area contributed by atoms with Crippen LogP contribution in [-0.4, -0.2) is 28.0 Å². The maximum atomic E-state index is 14.3. The number of carbonyl (C=O) groups excluding carboxylic acids is 1. The lowest BCUT2D eigenvalue weighted by Crippen LogP contribution is -2.41. The molecule has 0 spiro atoms. The fraction of sp³-hybridized carbons (Fsp3) is 0.389. The monoisotopic (exact) mass is 302 g/mol. The minimum absolute atomic E-state index is 0.115. The third-order valence-electron chi connectivity index (χ3n) is 4.14. The van der Waals surface area contributed by atoms with Gasteiger partial charge in [0.1, 0.15) is 5.82 Å². The van der Waals surface area contributed by atoms with Crippen molar-refractivity contribution < 1.29 is 9.18 Å². The van der Waals surface area contributed by atoms with E-state index in [1.807, 2.05) is 26.0 Å². The molecular formula is C18H23FN2O. The molecule has 1 aromatic carbocycles. The molecule has 4 heteroatoms. The molecule has 1 unspecified atom stereocenters. The lowest BCUT2D eigenvalue weighted by molar-refractivity contribution is 0.0660. The molecule has 1 heterocycles. The van der Waals surface area contributed by atoms with Crippen molar-refractivity contribution in [2.24, 2.45) is 5.92 Å². The molecule has 1 atom stereocenters. The van der Waals surface area contributed by atoms with Gasteiger partial charge in [0.15, 0.2) is 0 Å². The minimum atomic E-state index is -0.393. The van der Waals surface area contributed by atoms with Crippen molar-refractivity contribution in [3.63, 3.8) is 0 Å². The highest BCUT2D eigenvalue weighted by Crippen LogP contribution is 2.19. The first-order chi connectivity index (χ1) is 10.5. The van der Waals surface area contributed by atoms with Crippen LogP contribution in [0.5, 0.6) is 0 Å². The summed E-state index contributed by atoms with van der Waals surface area (Å²) in [6, 6.07) is 8.45. The maximum absolute atomic E-state index is 14.3. The van der Waals surface area contributed by atoms with Gasteiger partial charge in [0, 0.05) is 30.5 Å².